The molecule has 1 aliphatic rings. The van der Waals surface area contributed by atoms with E-state index in [1.165, 1.54) is 18.4 Å². The topological polar surface area (TPSA) is 24.1 Å². The van der Waals surface area contributed by atoms with Crippen LogP contribution in [0.4, 0.5) is 0 Å². The summed E-state index contributed by atoms with van der Waals surface area (Å²) >= 11 is 18.7. The quantitative estimate of drug-likeness (QED) is 0.512. The van der Waals surface area contributed by atoms with Crippen molar-refractivity contribution in [2.75, 3.05) is 7.05 Å². The molecule has 2 atom stereocenters. The van der Waals surface area contributed by atoms with Gasteiger partial charge in [0, 0.05) is 17.6 Å². The summed E-state index contributed by atoms with van der Waals surface area (Å²) in [6.45, 7) is 0.745. The van der Waals surface area contributed by atoms with Crippen LogP contribution in [0, 0.1) is 0 Å². The third-order valence-corrected chi connectivity index (χ3v) is 6.31. The highest BCUT2D eigenvalue weighted by molar-refractivity contribution is 6.42. The molecule has 0 heterocycles. The van der Waals surface area contributed by atoms with Crippen molar-refractivity contribution in [2.45, 2.75) is 43.8 Å². The normalized spacial score (nSPS) is 21.9. The van der Waals surface area contributed by atoms with Gasteiger partial charge >= 0.3 is 0 Å². The molecule has 0 aliphatic heterocycles. The maximum Gasteiger partial charge on any atom is 0.0602 e. The SMILES string of the molecule is CN[C@]1(c2ccccc2Cl)CCCC[C@@H]1NCc1ccc(Cl)c(Cl)c1.Cl.Cl. The van der Waals surface area contributed by atoms with Crippen molar-refractivity contribution in [3.8, 4) is 0 Å². The molecule has 2 nitrogen and oxygen atoms in total. The van der Waals surface area contributed by atoms with Gasteiger partial charge in [0.1, 0.15) is 0 Å². The number of likely N-dealkylation sites (N-methyl/N-ethyl adjacent to an activating group) is 1. The molecular weight excluding hydrogens is 445 g/mol. The van der Waals surface area contributed by atoms with Crippen LogP contribution in [0.3, 0.4) is 0 Å². The number of halogens is 5. The van der Waals surface area contributed by atoms with Crippen LogP contribution in [-0.2, 0) is 12.1 Å². The summed E-state index contributed by atoms with van der Waals surface area (Å²) in [5.41, 5.74) is 2.14. The maximum absolute atomic E-state index is 6.55. The molecule has 0 radical (unpaired) electrons. The van der Waals surface area contributed by atoms with Crippen LogP contribution < -0.4 is 10.6 Å². The van der Waals surface area contributed by atoms with Crippen molar-refractivity contribution in [2.24, 2.45) is 0 Å². The molecule has 0 amide bonds. The molecular formula is C20H25Cl5N2. The number of rotatable bonds is 5. The molecule has 7 heteroatoms. The molecule has 0 bridgehead atoms. The number of hydrogen-bond donors (Lipinski definition) is 2. The number of nitrogens with one attached hydrogen (secondary N) is 2. The zero-order valence-corrected chi connectivity index (χ0v) is 19.0. The zero-order chi connectivity index (χ0) is 17.9. The molecule has 0 unspecified atom stereocenters. The summed E-state index contributed by atoms with van der Waals surface area (Å²) in [6.07, 6.45) is 4.57. The Morgan fingerprint density at radius 1 is 0.963 bits per heavy atom. The second kappa shape index (κ2) is 11.1. The summed E-state index contributed by atoms with van der Waals surface area (Å²) in [7, 11) is 2.03. The van der Waals surface area contributed by atoms with E-state index in [1.807, 2.05) is 37.4 Å². The van der Waals surface area contributed by atoms with Gasteiger partial charge in [-0.1, -0.05) is 71.9 Å². The minimum atomic E-state index is -0.160. The highest BCUT2D eigenvalue weighted by Crippen LogP contribution is 2.40. The van der Waals surface area contributed by atoms with Crippen molar-refractivity contribution < 1.29 is 0 Å². The van der Waals surface area contributed by atoms with Gasteiger partial charge in [0.25, 0.3) is 0 Å². The van der Waals surface area contributed by atoms with E-state index < -0.39 is 0 Å². The van der Waals surface area contributed by atoms with E-state index in [9.17, 15) is 0 Å². The lowest BCUT2D eigenvalue weighted by Gasteiger charge is -2.45. The highest BCUT2D eigenvalue weighted by Gasteiger charge is 2.41. The van der Waals surface area contributed by atoms with Crippen molar-refractivity contribution in [1.29, 1.82) is 0 Å². The van der Waals surface area contributed by atoms with Gasteiger partial charge in [-0.15, -0.1) is 24.8 Å². The van der Waals surface area contributed by atoms with Gasteiger partial charge in [-0.25, -0.2) is 0 Å². The van der Waals surface area contributed by atoms with Gasteiger partial charge in [0.15, 0.2) is 0 Å². The predicted molar refractivity (Wildman–Crippen MR) is 122 cm³/mol. The average molecular weight is 471 g/mol. The van der Waals surface area contributed by atoms with Gasteiger partial charge in [-0.2, -0.15) is 0 Å². The minimum absolute atomic E-state index is 0. The first-order valence-electron chi connectivity index (χ1n) is 8.68. The average Bonchev–Trinajstić information content (AvgIpc) is 2.63. The molecule has 1 fully saturated rings. The van der Waals surface area contributed by atoms with Crippen molar-refractivity contribution in [3.05, 3.63) is 68.7 Å². The fourth-order valence-electron chi connectivity index (χ4n) is 3.92. The van der Waals surface area contributed by atoms with Crippen LogP contribution in [0.1, 0.15) is 36.8 Å². The van der Waals surface area contributed by atoms with Crippen LogP contribution in [0.2, 0.25) is 15.1 Å². The second-order valence-corrected chi connectivity index (χ2v) is 7.85. The maximum atomic E-state index is 6.55. The van der Waals surface area contributed by atoms with Gasteiger partial charge < -0.3 is 10.6 Å². The van der Waals surface area contributed by atoms with Crippen LogP contribution in [-0.4, -0.2) is 13.1 Å². The summed E-state index contributed by atoms with van der Waals surface area (Å²) in [5, 5.41) is 9.32. The van der Waals surface area contributed by atoms with Gasteiger partial charge in [0.2, 0.25) is 0 Å². The van der Waals surface area contributed by atoms with Crippen LogP contribution >= 0.6 is 59.6 Å². The summed E-state index contributed by atoms with van der Waals surface area (Å²) in [6, 6.07) is 14.2. The summed E-state index contributed by atoms with van der Waals surface area (Å²) in [4.78, 5) is 0. The molecule has 2 N–H and O–H groups in total. The fourth-order valence-corrected chi connectivity index (χ4v) is 4.54. The monoisotopic (exact) mass is 468 g/mol. The summed E-state index contributed by atoms with van der Waals surface area (Å²) < 4.78 is 0. The van der Waals surface area contributed by atoms with Gasteiger partial charge in [-0.3, -0.25) is 0 Å². The Bertz CT molecular complexity index is 740. The van der Waals surface area contributed by atoms with Crippen molar-refractivity contribution >= 4 is 59.6 Å². The Morgan fingerprint density at radius 2 is 1.70 bits per heavy atom. The molecule has 3 rings (SSSR count). The largest absolute Gasteiger partial charge is 0.309 e. The molecule has 1 aliphatic carbocycles. The van der Waals surface area contributed by atoms with Crippen molar-refractivity contribution in [3.63, 3.8) is 0 Å². The molecule has 2 aromatic rings. The molecule has 27 heavy (non-hydrogen) atoms. The van der Waals surface area contributed by atoms with Crippen molar-refractivity contribution in [1.82, 2.24) is 10.6 Å². The Hall–Kier alpha value is -0.190. The molecule has 0 spiro atoms. The van der Waals surface area contributed by atoms with Gasteiger partial charge in [-0.05, 0) is 49.2 Å². The third-order valence-electron chi connectivity index (χ3n) is 5.25. The van der Waals surface area contributed by atoms with Gasteiger partial charge in [0.05, 0.1) is 15.6 Å². The lowest BCUT2D eigenvalue weighted by Crippen LogP contribution is -2.57. The van der Waals surface area contributed by atoms with E-state index in [0.717, 1.165) is 30.0 Å². The van der Waals surface area contributed by atoms with Crippen LogP contribution in [0.15, 0.2) is 42.5 Å². The standard InChI is InChI=1S/C20H23Cl3N2.2ClH/c1-24-20(15-6-2-3-7-16(15)21)11-5-4-8-19(20)25-13-14-9-10-17(22)18(23)12-14;;/h2-3,6-7,9-10,12,19,24-25H,4-5,8,11,13H2,1H3;2*1H/t19-,20-;;/m0../s1. The van der Waals surface area contributed by atoms with E-state index in [4.69, 9.17) is 34.8 Å². The Morgan fingerprint density at radius 3 is 2.37 bits per heavy atom. The number of hydrogen-bond acceptors (Lipinski definition) is 2. The lowest BCUT2D eigenvalue weighted by molar-refractivity contribution is 0.177. The van der Waals surface area contributed by atoms with E-state index in [1.54, 1.807) is 0 Å². The highest BCUT2D eigenvalue weighted by atomic mass is 35.5. The second-order valence-electron chi connectivity index (χ2n) is 6.63. The fraction of sp³-hybridized carbons (Fsp3) is 0.400. The summed E-state index contributed by atoms with van der Waals surface area (Å²) in [5.74, 6) is 0. The molecule has 0 saturated heterocycles. The Labute approximate surface area is 189 Å². The number of benzene rings is 2. The first-order valence-corrected chi connectivity index (χ1v) is 9.81. The third kappa shape index (κ3) is 5.45. The minimum Gasteiger partial charge on any atom is -0.309 e. The van der Waals surface area contributed by atoms with E-state index in [0.29, 0.717) is 16.1 Å². The molecule has 1 saturated carbocycles. The molecule has 150 valence electrons. The Balaban J connectivity index is 0.00000182. The zero-order valence-electron chi connectivity index (χ0n) is 15.1. The smallest absolute Gasteiger partial charge is 0.0602 e. The van der Waals surface area contributed by atoms with E-state index >= 15 is 0 Å². The lowest BCUT2D eigenvalue weighted by atomic mass is 9.72. The van der Waals surface area contributed by atoms with E-state index in [-0.39, 0.29) is 30.4 Å². The Kier molecular flexibility index (Phi) is 10.2. The van der Waals surface area contributed by atoms with E-state index in [2.05, 4.69) is 22.8 Å². The first kappa shape index (κ1) is 24.8. The first-order chi connectivity index (χ1) is 12.1. The predicted octanol–water partition coefficient (Wildman–Crippen LogP) is 6.64. The van der Waals surface area contributed by atoms with Crippen LogP contribution in [0.5, 0.6) is 0 Å². The molecule has 2 aromatic carbocycles. The van der Waals surface area contributed by atoms with Crippen LogP contribution in [0.25, 0.3) is 0 Å². The molecule has 0 aromatic heterocycles.